The molecule has 0 N–H and O–H groups in total. The van der Waals surface area contributed by atoms with Crippen LogP contribution in [-0.2, 0) is 17.7 Å². The van der Waals surface area contributed by atoms with Crippen LogP contribution in [0.4, 0.5) is 10.3 Å². The van der Waals surface area contributed by atoms with Crippen LogP contribution < -0.4 is 4.90 Å². The maximum Gasteiger partial charge on any atom is 0.224 e. The zero-order valence-corrected chi connectivity index (χ0v) is 17.3. The van der Waals surface area contributed by atoms with Crippen LogP contribution in [-0.4, -0.2) is 53.6 Å². The van der Waals surface area contributed by atoms with E-state index in [1.807, 2.05) is 55.7 Å². The largest absolute Gasteiger partial charge is 0.369 e. The molecule has 2 aromatic heterocycles. The lowest BCUT2D eigenvalue weighted by Crippen LogP contribution is -2.38. The number of benzene rings is 1. The van der Waals surface area contributed by atoms with Crippen molar-refractivity contribution in [3.8, 4) is 0 Å². The van der Waals surface area contributed by atoms with E-state index in [-0.39, 0.29) is 11.9 Å². The van der Waals surface area contributed by atoms with E-state index in [1.165, 1.54) is 6.07 Å². The summed E-state index contributed by atoms with van der Waals surface area (Å²) in [5, 5.41) is 0. The number of hydrogen-bond donors (Lipinski definition) is 0. The van der Waals surface area contributed by atoms with Gasteiger partial charge in [0.1, 0.15) is 11.9 Å². The van der Waals surface area contributed by atoms with Crippen LogP contribution in [0.25, 0.3) is 0 Å². The molecule has 1 atom stereocenters. The van der Waals surface area contributed by atoms with Crippen molar-refractivity contribution in [3.05, 3.63) is 83.2 Å². The van der Waals surface area contributed by atoms with Crippen molar-refractivity contribution in [2.24, 2.45) is 0 Å². The second kappa shape index (κ2) is 9.28. The lowest BCUT2D eigenvalue weighted by molar-refractivity contribution is -0.0351. The second-order valence-corrected chi connectivity index (χ2v) is 7.70. The molecular weight excluding hydrogens is 381 g/mol. The van der Waals surface area contributed by atoms with Crippen molar-refractivity contribution in [2.75, 3.05) is 38.7 Å². The van der Waals surface area contributed by atoms with Crippen LogP contribution in [0.3, 0.4) is 0 Å². The minimum Gasteiger partial charge on any atom is -0.369 e. The molecule has 6 nitrogen and oxygen atoms in total. The van der Waals surface area contributed by atoms with Crippen LogP contribution in [0.5, 0.6) is 0 Å². The van der Waals surface area contributed by atoms with Crippen LogP contribution in [0.15, 0.2) is 54.9 Å². The summed E-state index contributed by atoms with van der Waals surface area (Å²) in [6.07, 6.45) is 4.11. The third-order valence-electron chi connectivity index (χ3n) is 5.14. The number of rotatable bonds is 6. The van der Waals surface area contributed by atoms with E-state index in [0.717, 1.165) is 36.6 Å². The molecule has 0 amide bonds. The highest BCUT2D eigenvalue weighted by atomic mass is 19.1. The first-order chi connectivity index (χ1) is 14.6. The van der Waals surface area contributed by atoms with Gasteiger partial charge in [-0.1, -0.05) is 24.3 Å². The number of halogens is 1. The van der Waals surface area contributed by atoms with Gasteiger partial charge in [-0.2, -0.15) is 0 Å². The van der Waals surface area contributed by atoms with Crippen molar-refractivity contribution in [2.45, 2.75) is 19.1 Å². The first kappa shape index (κ1) is 20.4. The lowest BCUT2D eigenvalue weighted by Gasteiger charge is -2.32. The summed E-state index contributed by atoms with van der Waals surface area (Å²) in [7, 11) is 3.85. The van der Waals surface area contributed by atoms with Gasteiger partial charge in [-0.05, 0) is 23.8 Å². The van der Waals surface area contributed by atoms with Gasteiger partial charge >= 0.3 is 0 Å². The van der Waals surface area contributed by atoms with Gasteiger partial charge in [0.2, 0.25) is 5.95 Å². The van der Waals surface area contributed by atoms with Crippen LogP contribution in [0.2, 0.25) is 0 Å². The van der Waals surface area contributed by atoms with Gasteiger partial charge in [-0.15, -0.1) is 0 Å². The van der Waals surface area contributed by atoms with E-state index in [1.54, 1.807) is 12.1 Å². The van der Waals surface area contributed by atoms with Crippen molar-refractivity contribution in [1.82, 2.24) is 19.9 Å². The third-order valence-corrected chi connectivity index (χ3v) is 5.14. The molecule has 3 aromatic rings. The topological polar surface area (TPSA) is 54.4 Å². The maximum atomic E-state index is 14.0. The molecule has 3 heterocycles. The monoisotopic (exact) mass is 407 g/mol. The van der Waals surface area contributed by atoms with Crippen molar-refractivity contribution in [1.29, 1.82) is 0 Å². The van der Waals surface area contributed by atoms with E-state index >= 15 is 0 Å². The van der Waals surface area contributed by atoms with Gasteiger partial charge in [0.25, 0.3) is 0 Å². The Hall–Kier alpha value is -2.90. The Labute approximate surface area is 176 Å². The minimum absolute atomic E-state index is 0.110. The van der Waals surface area contributed by atoms with Crippen molar-refractivity contribution < 1.29 is 9.13 Å². The third kappa shape index (κ3) is 4.98. The average Bonchev–Trinajstić information content (AvgIpc) is 2.76. The Morgan fingerprint density at radius 1 is 1.10 bits per heavy atom. The number of morpholine rings is 1. The summed E-state index contributed by atoms with van der Waals surface area (Å²) in [5.41, 5.74) is 3.44. The number of hydrogen-bond acceptors (Lipinski definition) is 6. The van der Waals surface area contributed by atoms with Gasteiger partial charge in [-0.25, -0.2) is 14.4 Å². The summed E-state index contributed by atoms with van der Waals surface area (Å²) < 4.78 is 20.0. The maximum absolute atomic E-state index is 14.0. The molecule has 1 saturated heterocycles. The molecule has 156 valence electrons. The molecule has 1 aromatic carbocycles. The van der Waals surface area contributed by atoms with E-state index in [4.69, 9.17) is 9.72 Å². The average molecular weight is 407 g/mol. The van der Waals surface area contributed by atoms with Crippen molar-refractivity contribution >= 4 is 5.95 Å². The first-order valence-corrected chi connectivity index (χ1v) is 10.1. The predicted octanol–water partition coefficient (Wildman–Crippen LogP) is 3.24. The summed E-state index contributed by atoms with van der Waals surface area (Å²) in [4.78, 5) is 17.8. The minimum atomic E-state index is -0.202. The predicted molar refractivity (Wildman–Crippen MR) is 114 cm³/mol. The smallest absolute Gasteiger partial charge is 0.224 e. The standard InChI is InChI=1S/C23H26FN5O/c1-28(2)23-25-13-17(14-26-23)15-29-10-11-30-22(16-29)21-9-5-7-19(27-21)12-18-6-3-4-8-20(18)24/h3-9,13-14,22H,10-12,15-16H2,1-2H3. The van der Waals surface area contributed by atoms with E-state index in [2.05, 4.69) is 14.9 Å². The van der Waals surface area contributed by atoms with Gasteiger partial charge in [-0.3, -0.25) is 9.88 Å². The molecule has 0 aliphatic carbocycles. The van der Waals surface area contributed by atoms with E-state index in [0.29, 0.717) is 24.5 Å². The van der Waals surface area contributed by atoms with Gasteiger partial charge in [0.15, 0.2) is 0 Å². The molecule has 0 radical (unpaired) electrons. The second-order valence-electron chi connectivity index (χ2n) is 7.70. The Balaban J connectivity index is 1.42. The number of pyridine rings is 1. The summed E-state index contributed by atoms with van der Waals surface area (Å²) in [6, 6.07) is 12.7. The normalized spacial score (nSPS) is 17.1. The lowest BCUT2D eigenvalue weighted by atomic mass is 10.1. The van der Waals surface area contributed by atoms with E-state index < -0.39 is 0 Å². The van der Waals surface area contributed by atoms with Gasteiger partial charge in [0, 0.05) is 63.8 Å². The fourth-order valence-corrected chi connectivity index (χ4v) is 3.56. The van der Waals surface area contributed by atoms with Crippen LogP contribution >= 0.6 is 0 Å². The highest BCUT2D eigenvalue weighted by molar-refractivity contribution is 5.27. The number of nitrogens with zero attached hydrogens (tertiary/aromatic N) is 5. The first-order valence-electron chi connectivity index (χ1n) is 10.1. The summed E-state index contributed by atoms with van der Waals surface area (Å²) in [5.74, 6) is 0.502. The fourth-order valence-electron chi connectivity index (χ4n) is 3.56. The number of anilines is 1. The zero-order valence-electron chi connectivity index (χ0n) is 17.3. The summed E-state index contributed by atoms with van der Waals surface area (Å²) in [6.45, 7) is 3.00. The van der Waals surface area contributed by atoms with Gasteiger partial charge < -0.3 is 9.64 Å². The molecular formula is C23H26FN5O. The number of ether oxygens (including phenoxy) is 1. The molecule has 0 saturated carbocycles. The SMILES string of the molecule is CN(C)c1ncc(CN2CCOC(c3cccc(Cc4ccccc4F)n3)C2)cn1. The molecule has 4 rings (SSSR count). The van der Waals surface area contributed by atoms with Gasteiger partial charge in [0.05, 0.1) is 12.3 Å². The Morgan fingerprint density at radius 3 is 2.67 bits per heavy atom. The summed E-state index contributed by atoms with van der Waals surface area (Å²) >= 11 is 0. The Kier molecular flexibility index (Phi) is 6.30. The fraction of sp³-hybridized carbons (Fsp3) is 0.348. The highest BCUT2D eigenvalue weighted by Crippen LogP contribution is 2.23. The molecule has 30 heavy (non-hydrogen) atoms. The van der Waals surface area contributed by atoms with Crippen LogP contribution in [0.1, 0.15) is 28.6 Å². The molecule has 0 spiro atoms. The quantitative estimate of drug-likeness (QED) is 0.625. The molecule has 1 unspecified atom stereocenters. The zero-order chi connectivity index (χ0) is 20.9. The Morgan fingerprint density at radius 2 is 1.90 bits per heavy atom. The molecule has 1 aliphatic rings. The highest BCUT2D eigenvalue weighted by Gasteiger charge is 2.23. The van der Waals surface area contributed by atoms with Crippen LogP contribution in [0, 0.1) is 5.82 Å². The van der Waals surface area contributed by atoms with E-state index in [9.17, 15) is 4.39 Å². The molecule has 7 heteroatoms. The molecule has 1 aliphatic heterocycles. The number of aromatic nitrogens is 3. The Bertz CT molecular complexity index is 979. The van der Waals surface area contributed by atoms with Crippen molar-refractivity contribution in [3.63, 3.8) is 0 Å². The molecule has 1 fully saturated rings. The molecule has 0 bridgehead atoms.